The summed E-state index contributed by atoms with van der Waals surface area (Å²) in [6.07, 6.45) is 1.99. The van der Waals surface area contributed by atoms with Gasteiger partial charge >= 0.3 is 0 Å². The number of carbonyl (C=O) groups excluding carboxylic acids is 2. The van der Waals surface area contributed by atoms with E-state index in [0.717, 1.165) is 23.3 Å². The lowest BCUT2D eigenvalue weighted by Gasteiger charge is -2.31. The fourth-order valence-corrected chi connectivity index (χ4v) is 2.49. The van der Waals surface area contributed by atoms with E-state index in [1.807, 2.05) is 24.3 Å². The van der Waals surface area contributed by atoms with Gasteiger partial charge in [0.05, 0.1) is 12.3 Å². The minimum absolute atomic E-state index is 0.0536. The van der Waals surface area contributed by atoms with Crippen molar-refractivity contribution in [1.29, 1.82) is 0 Å². The highest BCUT2D eigenvalue weighted by molar-refractivity contribution is 7.80. The molecule has 0 radical (unpaired) electrons. The van der Waals surface area contributed by atoms with Crippen LogP contribution in [0.1, 0.15) is 18.4 Å². The molecule has 1 atom stereocenters. The van der Waals surface area contributed by atoms with Crippen LogP contribution >= 0.6 is 12.6 Å². The average Bonchev–Trinajstić information content (AvgIpc) is 2.41. The molecule has 0 spiro atoms. The molecule has 1 fully saturated rings. The molecule has 2 amide bonds. The van der Waals surface area contributed by atoms with E-state index >= 15 is 0 Å². The van der Waals surface area contributed by atoms with Gasteiger partial charge in [0.1, 0.15) is 0 Å². The highest BCUT2D eigenvalue weighted by Crippen LogP contribution is 2.17. The van der Waals surface area contributed by atoms with Crippen LogP contribution in [0.3, 0.4) is 0 Å². The van der Waals surface area contributed by atoms with Crippen molar-refractivity contribution >= 4 is 24.4 Å². The quantitative estimate of drug-likeness (QED) is 0.817. The number of likely N-dealkylation sites (tertiary alicyclic amines) is 1. The monoisotopic (exact) mass is 278 g/mol. The summed E-state index contributed by atoms with van der Waals surface area (Å²) in [6, 6.07) is 7.54. The number of benzene rings is 1. The van der Waals surface area contributed by atoms with E-state index in [1.54, 1.807) is 4.90 Å². The number of nitrogens with zero attached hydrogens (tertiary/aromatic N) is 1. The molecule has 1 unspecified atom stereocenters. The van der Waals surface area contributed by atoms with Gasteiger partial charge < -0.3 is 10.6 Å². The summed E-state index contributed by atoms with van der Waals surface area (Å²) in [6.45, 7) is 1.17. The number of rotatable bonds is 3. The normalized spacial score (nSPS) is 19.2. The molecule has 19 heavy (non-hydrogen) atoms. The van der Waals surface area contributed by atoms with Gasteiger partial charge in [0.15, 0.2) is 0 Å². The lowest BCUT2D eigenvalue weighted by Crippen LogP contribution is -2.44. The topological polar surface area (TPSA) is 63.4 Å². The van der Waals surface area contributed by atoms with Crippen LogP contribution < -0.4 is 5.73 Å². The summed E-state index contributed by atoms with van der Waals surface area (Å²) in [7, 11) is 0. The summed E-state index contributed by atoms with van der Waals surface area (Å²) >= 11 is 4.21. The van der Waals surface area contributed by atoms with Crippen LogP contribution in [0.15, 0.2) is 29.2 Å². The smallest absolute Gasteiger partial charge is 0.227 e. The molecule has 1 aliphatic heterocycles. The van der Waals surface area contributed by atoms with Gasteiger partial charge in [-0.15, -0.1) is 12.6 Å². The van der Waals surface area contributed by atoms with E-state index in [0.29, 0.717) is 19.5 Å². The van der Waals surface area contributed by atoms with E-state index in [9.17, 15) is 9.59 Å². The number of thiol groups is 1. The van der Waals surface area contributed by atoms with Crippen LogP contribution in [-0.4, -0.2) is 29.8 Å². The molecule has 4 nitrogen and oxygen atoms in total. The third-order valence-electron chi connectivity index (χ3n) is 3.47. The third-order valence-corrected chi connectivity index (χ3v) is 3.77. The van der Waals surface area contributed by atoms with E-state index in [1.165, 1.54) is 0 Å². The highest BCUT2D eigenvalue weighted by Gasteiger charge is 2.26. The Bertz CT molecular complexity index is 473. The summed E-state index contributed by atoms with van der Waals surface area (Å²) in [5.41, 5.74) is 6.28. The number of primary amides is 1. The molecule has 1 aliphatic rings. The number of piperidine rings is 1. The molecule has 2 N–H and O–H groups in total. The first-order valence-corrected chi connectivity index (χ1v) is 6.86. The molecular formula is C14H18N2O2S. The number of amides is 2. The Hall–Kier alpha value is -1.49. The fourth-order valence-electron chi connectivity index (χ4n) is 2.34. The van der Waals surface area contributed by atoms with Crippen molar-refractivity contribution < 1.29 is 9.59 Å². The second-order valence-electron chi connectivity index (χ2n) is 4.92. The van der Waals surface area contributed by atoms with Gasteiger partial charge in [-0.1, -0.05) is 12.1 Å². The maximum atomic E-state index is 12.2. The minimum atomic E-state index is -0.308. The zero-order valence-corrected chi connectivity index (χ0v) is 11.6. The molecule has 0 saturated carbocycles. The van der Waals surface area contributed by atoms with Crippen LogP contribution in [0.2, 0.25) is 0 Å². The van der Waals surface area contributed by atoms with Gasteiger partial charge in [-0.05, 0) is 30.5 Å². The molecule has 1 saturated heterocycles. The SMILES string of the molecule is NC(=O)C1CCCN(C(=O)Cc2ccc(S)cc2)C1. The number of hydrogen-bond acceptors (Lipinski definition) is 3. The first-order valence-electron chi connectivity index (χ1n) is 6.41. The predicted octanol–water partition coefficient (Wildman–Crippen LogP) is 1.24. The Labute approximate surface area is 118 Å². The Kier molecular flexibility index (Phi) is 4.47. The molecule has 1 heterocycles. The first kappa shape index (κ1) is 13.9. The number of nitrogens with two attached hydrogens (primary N) is 1. The first-order chi connectivity index (χ1) is 9.06. The maximum Gasteiger partial charge on any atom is 0.227 e. The summed E-state index contributed by atoms with van der Waals surface area (Å²) < 4.78 is 0. The molecule has 5 heteroatoms. The predicted molar refractivity (Wildman–Crippen MR) is 75.9 cm³/mol. The van der Waals surface area contributed by atoms with Crippen LogP contribution in [0.4, 0.5) is 0 Å². The van der Waals surface area contributed by atoms with Gasteiger partial charge in [0.25, 0.3) is 0 Å². The van der Waals surface area contributed by atoms with E-state index < -0.39 is 0 Å². The molecular weight excluding hydrogens is 260 g/mol. The van der Waals surface area contributed by atoms with Crippen molar-refractivity contribution in [2.45, 2.75) is 24.2 Å². The zero-order valence-electron chi connectivity index (χ0n) is 10.7. The summed E-state index contributed by atoms with van der Waals surface area (Å²) in [4.78, 5) is 26.0. The Balaban J connectivity index is 1.96. The minimum Gasteiger partial charge on any atom is -0.369 e. The Morgan fingerprint density at radius 3 is 2.63 bits per heavy atom. The Morgan fingerprint density at radius 1 is 1.32 bits per heavy atom. The summed E-state index contributed by atoms with van der Waals surface area (Å²) in [5.74, 6) is -0.452. The van der Waals surface area contributed by atoms with Crippen molar-refractivity contribution in [3.05, 3.63) is 29.8 Å². The molecule has 0 aromatic heterocycles. The zero-order chi connectivity index (χ0) is 13.8. The number of carbonyl (C=O) groups is 2. The van der Waals surface area contributed by atoms with Gasteiger partial charge in [-0.25, -0.2) is 0 Å². The lowest BCUT2D eigenvalue weighted by atomic mass is 9.97. The van der Waals surface area contributed by atoms with Crippen molar-refractivity contribution in [2.75, 3.05) is 13.1 Å². The molecule has 102 valence electrons. The number of hydrogen-bond donors (Lipinski definition) is 2. The van der Waals surface area contributed by atoms with Crippen molar-refractivity contribution in [1.82, 2.24) is 4.90 Å². The van der Waals surface area contributed by atoms with Gasteiger partial charge in [-0.3, -0.25) is 9.59 Å². The third kappa shape index (κ3) is 3.73. The molecule has 1 aromatic rings. The van der Waals surface area contributed by atoms with Crippen molar-refractivity contribution in [3.8, 4) is 0 Å². The second-order valence-corrected chi connectivity index (χ2v) is 5.44. The molecule has 1 aromatic carbocycles. The van der Waals surface area contributed by atoms with Crippen LogP contribution in [0.25, 0.3) is 0 Å². The van der Waals surface area contributed by atoms with Gasteiger partial charge in [0.2, 0.25) is 11.8 Å². The van der Waals surface area contributed by atoms with Crippen molar-refractivity contribution in [3.63, 3.8) is 0 Å². The van der Waals surface area contributed by atoms with Gasteiger partial charge in [-0.2, -0.15) is 0 Å². The van der Waals surface area contributed by atoms with E-state index in [2.05, 4.69) is 12.6 Å². The molecule has 2 rings (SSSR count). The van der Waals surface area contributed by atoms with E-state index in [4.69, 9.17) is 5.73 Å². The van der Waals surface area contributed by atoms with E-state index in [-0.39, 0.29) is 17.7 Å². The Morgan fingerprint density at radius 2 is 2.00 bits per heavy atom. The maximum absolute atomic E-state index is 12.2. The lowest BCUT2D eigenvalue weighted by molar-refractivity contribution is -0.134. The molecule has 0 aliphatic carbocycles. The van der Waals surface area contributed by atoms with Crippen LogP contribution in [0, 0.1) is 5.92 Å². The second kappa shape index (κ2) is 6.10. The van der Waals surface area contributed by atoms with Crippen molar-refractivity contribution in [2.24, 2.45) is 11.7 Å². The van der Waals surface area contributed by atoms with Crippen LogP contribution in [0.5, 0.6) is 0 Å². The standard InChI is InChI=1S/C14H18N2O2S/c15-14(18)11-2-1-7-16(9-11)13(17)8-10-3-5-12(19)6-4-10/h3-6,11,19H,1-2,7-9H2,(H2,15,18). The molecule has 0 bridgehead atoms. The average molecular weight is 278 g/mol. The van der Waals surface area contributed by atoms with Gasteiger partial charge in [0, 0.05) is 18.0 Å². The highest BCUT2D eigenvalue weighted by atomic mass is 32.1. The van der Waals surface area contributed by atoms with Crippen LogP contribution in [-0.2, 0) is 16.0 Å². The summed E-state index contributed by atoms with van der Waals surface area (Å²) in [5, 5.41) is 0. The fraction of sp³-hybridized carbons (Fsp3) is 0.429. The largest absolute Gasteiger partial charge is 0.369 e.